The molecule has 0 saturated carbocycles. The molecule has 0 aliphatic heterocycles. The highest BCUT2D eigenvalue weighted by Gasteiger charge is 2.13. The van der Waals surface area contributed by atoms with Crippen LogP contribution >= 0.6 is 0 Å². The van der Waals surface area contributed by atoms with Gasteiger partial charge in [-0.25, -0.2) is 0 Å². The van der Waals surface area contributed by atoms with Crippen molar-refractivity contribution in [2.75, 3.05) is 13.9 Å². The van der Waals surface area contributed by atoms with Gasteiger partial charge in [0.15, 0.2) is 0 Å². The van der Waals surface area contributed by atoms with Crippen LogP contribution in [0, 0.1) is 0 Å². The lowest BCUT2D eigenvalue weighted by Gasteiger charge is -2.11. The molecule has 0 aromatic heterocycles. The highest BCUT2D eigenvalue weighted by molar-refractivity contribution is 5.74. The first-order valence-corrected chi connectivity index (χ1v) is 5.51. The number of carbonyl (C=O) groups is 2. The van der Waals surface area contributed by atoms with Crippen molar-refractivity contribution in [3.8, 4) is 0 Å². The van der Waals surface area contributed by atoms with Crippen molar-refractivity contribution >= 4 is 12.3 Å². The molecule has 0 saturated heterocycles. The minimum Gasteiger partial charge on any atom is -0.469 e. The molecule has 5 heteroatoms. The zero-order valence-corrected chi connectivity index (χ0v) is 10.2. The summed E-state index contributed by atoms with van der Waals surface area (Å²) in [6.07, 6.45) is -0.370. The van der Waals surface area contributed by atoms with E-state index in [0.717, 1.165) is 5.56 Å². The fourth-order valence-electron chi connectivity index (χ4n) is 1.26. The van der Waals surface area contributed by atoms with Crippen LogP contribution in [0.3, 0.4) is 0 Å². The molecule has 18 heavy (non-hydrogen) atoms. The second-order valence-electron chi connectivity index (χ2n) is 3.57. The van der Waals surface area contributed by atoms with Crippen LogP contribution in [0.25, 0.3) is 0 Å². The molecule has 0 spiro atoms. The third-order valence-corrected chi connectivity index (χ3v) is 2.22. The average molecular weight is 252 g/mol. The van der Waals surface area contributed by atoms with E-state index in [-0.39, 0.29) is 13.2 Å². The largest absolute Gasteiger partial charge is 0.469 e. The predicted octanol–water partition coefficient (Wildman–Crippen LogP) is 1.31. The Morgan fingerprint density at radius 1 is 1.33 bits per heavy atom. The molecule has 1 atom stereocenters. The molecule has 0 bridgehead atoms. The zero-order valence-electron chi connectivity index (χ0n) is 10.2. The summed E-state index contributed by atoms with van der Waals surface area (Å²) in [5.74, 6) is -0.491. The maximum atomic E-state index is 10.9. The minimum absolute atomic E-state index is 0.0463. The number of aldehydes is 1. The summed E-state index contributed by atoms with van der Waals surface area (Å²) in [5, 5.41) is 0. The molecular formula is C13H16O5. The Labute approximate surface area is 106 Å². The molecule has 1 aromatic carbocycles. The fraction of sp³-hybridized carbons (Fsp3) is 0.385. The molecule has 0 amide bonds. The molecule has 98 valence electrons. The van der Waals surface area contributed by atoms with E-state index < -0.39 is 12.1 Å². The van der Waals surface area contributed by atoms with Gasteiger partial charge in [0, 0.05) is 0 Å². The third kappa shape index (κ3) is 5.56. The first kappa shape index (κ1) is 14.3. The summed E-state index contributed by atoms with van der Waals surface area (Å²) in [4.78, 5) is 21.6. The SMILES string of the molecule is COC(=O)C[C@@H](C=O)OCOCc1ccccc1. The summed E-state index contributed by atoms with van der Waals surface area (Å²) in [5.41, 5.74) is 1.01. The van der Waals surface area contributed by atoms with Gasteiger partial charge in [0.2, 0.25) is 0 Å². The third-order valence-electron chi connectivity index (χ3n) is 2.22. The lowest BCUT2D eigenvalue weighted by Crippen LogP contribution is -2.21. The fourth-order valence-corrected chi connectivity index (χ4v) is 1.26. The quantitative estimate of drug-likeness (QED) is 0.302. The monoisotopic (exact) mass is 252 g/mol. The van der Waals surface area contributed by atoms with Gasteiger partial charge in [-0.2, -0.15) is 0 Å². The van der Waals surface area contributed by atoms with Gasteiger partial charge in [-0.1, -0.05) is 30.3 Å². The lowest BCUT2D eigenvalue weighted by atomic mass is 10.2. The van der Waals surface area contributed by atoms with Crippen molar-refractivity contribution in [3.63, 3.8) is 0 Å². The molecule has 1 aromatic rings. The minimum atomic E-state index is -0.826. The van der Waals surface area contributed by atoms with E-state index in [1.54, 1.807) is 0 Å². The molecule has 0 aliphatic carbocycles. The van der Waals surface area contributed by atoms with Crippen LogP contribution in [0.2, 0.25) is 0 Å². The molecule has 0 heterocycles. The van der Waals surface area contributed by atoms with Crippen LogP contribution in [0.5, 0.6) is 0 Å². The average Bonchev–Trinajstić information content (AvgIpc) is 2.43. The summed E-state index contributed by atoms with van der Waals surface area (Å²) < 4.78 is 14.8. The Kier molecular flexibility index (Phi) is 6.68. The van der Waals surface area contributed by atoms with Gasteiger partial charge in [-0.05, 0) is 5.56 Å². The van der Waals surface area contributed by atoms with E-state index in [9.17, 15) is 9.59 Å². The highest BCUT2D eigenvalue weighted by atomic mass is 16.7. The maximum absolute atomic E-state index is 10.9. The van der Waals surface area contributed by atoms with Gasteiger partial charge in [0.05, 0.1) is 20.1 Å². The van der Waals surface area contributed by atoms with Gasteiger partial charge in [-0.15, -0.1) is 0 Å². The number of methoxy groups -OCH3 is 1. The second kappa shape index (κ2) is 8.38. The first-order valence-electron chi connectivity index (χ1n) is 5.51. The number of esters is 1. The van der Waals surface area contributed by atoms with Crippen molar-refractivity contribution in [3.05, 3.63) is 35.9 Å². The Morgan fingerprint density at radius 3 is 2.67 bits per heavy atom. The van der Waals surface area contributed by atoms with Gasteiger partial charge in [0.25, 0.3) is 0 Å². The van der Waals surface area contributed by atoms with Crippen LogP contribution in [0.15, 0.2) is 30.3 Å². The summed E-state index contributed by atoms with van der Waals surface area (Å²) in [6, 6.07) is 9.58. The van der Waals surface area contributed by atoms with Crippen molar-refractivity contribution in [1.82, 2.24) is 0 Å². The van der Waals surface area contributed by atoms with Crippen LogP contribution in [-0.4, -0.2) is 32.3 Å². The topological polar surface area (TPSA) is 61.8 Å². The van der Waals surface area contributed by atoms with Crippen LogP contribution in [0.4, 0.5) is 0 Å². The van der Waals surface area contributed by atoms with Gasteiger partial charge in [0.1, 0.15) is 19.2 Å². The van der Waals surface area contributed by atoms with Gasteiger partial charge >= 0.3 is 5.97 Å². The highest BCUT2D eigenvalue weighted by Crippen LogP contribution is 2.02. The van der Waals surface area contributed by atoms with Gasteiger partial charge in [-0.3, -0.25) is 4.79 Å². The summed E-state index contributed by atoms with van der Waals surface area (Å²) >= 11 is 0. The van der Waals surface area contributed by atoms with Crippen molar-refractivity contribution < 1.29 is 23.8 Å². The number of rotatable bonds is 8. The molecule has 5 nitrogen and oxygen atoms in total. The molecule has 0 unspecified atom stereocenters. The van der Waals surface area contributed by atoms with E-state index >= 15 is 0 Å². The Balaban J connectivity index is 2.19. The van der Waals surface area contributed by atoms with Crippen LogP contribution < -0.4 is 0 Å². The molecule has 0 N–H and O–H groups in total. The smallest absolute Gasteiger partial charge is 0.308 e. The normalized spacial score (nSPS) is 11.8. The molecular weight excluding hydrogens is 236 g/mol. The van der Waals surface area contributed by atoms with E-state index in [1.165, 1.54) is 7.11 Å². The number of carbonyl (C=O) groups excluding carboxylic acids is 2. The van der Waals surface area contributed by atoms with Crippen molar-refractivity contribution in [1.29, 1.82) is 0 Å². The lowest BCUT2D eigenvalue weighted by molar-refractivity contribution is -0.151. The van der Waals surface area contributed by atoms with Crippen LogP contribution in [0.1, 0.15) is 12.0 Å². The van der Waals surface area contributed by atoms with Crippen molar-refractivity contribution in [2.45, 2.75) is 19.1 Å². The molecule has 0 aliphatic rings. The molecule has 1 rings (SSSR count). The van der Waals surface area contributed by atoms with E-state index in [4.69, 9.17) is 9.47 Å². The summed E-state index contributed by atoms with van der Waals surface area (Å²) in [7, 11) is 1.26. The zero-order chi connectivity index (χ0) is 13.2. The number of hydrogen-bond acceptors (Lipinski definition) is 5. The Bertz CT molecular complexity index is 363. The molecule has 0 fully saturated rings. The van der Waals surface area contributed by atoms with E-state index in [2.05, 4.69) is 4.74 Å². The second-order valence-corrected chi connectivity index (χ2v) is 3.57. The number of benzene rings is 1. The standard InChI is InChI=1S/C13H16O5/c1-16-13(15)7-12(8-14)18-10-17-9-11-5-3-2-4-6-11/h2-6,8,12H,7,9-10H2,1H3/t12-/m0/s1. The van der Waals surface area contributed by atoms with Gasteiger partial charge < -0.3 is 19.0 Å². The van der Waals surface area contributed by atoms with E-state index in [0.29, 0.717) is 12.9 Å². The van der Waals surface area contributed by atoms with Crippen LogP contribution in [-0.2, 0) is 30.4 Å². The predicted molar refractivity (Wildman–Crippen MR) is 63.7 cm³/mol. The number of hydrogen-bond donors (Lipinski definition) is 0. The Hall–Kier alpha value is -1.72. The summed E-state index contributed by atoms with van der Waals surface area (Å²) in [6.45, 7) is 0.347. The van der Waals surface area contributed by atoms with Crippen molar-refractivity contribution in [2.24, 2.45) is 0 Å². The molecule has 0 radical (unpaired) electrons. The first-order chi connectivity index (χ1) is 8.76. The Morgan fingerprint density at radius 2 is 2.06 bits per heavy atom. The van der Waals surface area contributed by atoms with E-state index in [1.807, 2.05) is 30.3 Å². The number of ether oxygens (including phenoxy) is 3. The maximum Gasteiger partial charge on any atom is 0.308 e.